The normalized spacial score (nSPS) is 14.4. The van der Waals surface area contributed by atoms with E-state index in [1.54, 1.807) is 0 Å². The SMILES string of the molecule is O=C1NCCc2[nH]c(-c3ccnc(-c4cc(C(F)(F)F)cc(C(F)(F)F)c4)n3)cc21. The predicted molar refractivity (Wildman–Crippen MR) is 93.3 cm³/mol. The van der Waals surface area contributed by atoms with Crippen LogP contribution < -0.4 is 5.32 Å². The first-order valence-corrected chi connectivity index (χ1v) is 8.66. The minimum Gasteiger partial charge on any atom is -0.356 e. The van der Waals surface area contributed by atoms with Crippen LogP contribution in [0.3, 0.4) is 0 Å². The lowest BCUT2D eigenvalue weighted by atomic mass is 10.0. The van der Waals surface area contributed by atoms with Crippen LogP contribution in [0.5, 0.6) is 0 Å². The van der Waals surface area contributed by atoms with E-state index in [1.807, 2.05) is 0 Å². The summed E-state index contributed by atoms with van der Waals surface area (Å²) in [6, 6.07) is 4.16. The molecule has 3 heterocycles. The van der Waals surface area contributed by atoms with Crippen LogP contribution in [0.4, 0.5) is 26.3 Å². The smallest absolute Gasteiger partial charge is 0.356 e. The molecule has 0 fully saturated rings. The van der Waals surface area contributed by atoms with E-state index in [0.717, 1.165) is 0 Å². The number of carbonyl (C=O) groups excluding carboxylic acids is 1. The fourth-order valence-electron chi connectivity index (χ4n) is 3.16. The van der Waals surface area contributed by atoms with Gasteiger partial charge in [0.2, 0.25) is 0 Å². The van der Waals surface area contributed by atoms with E-state index in [2.05, 4.69) is 20.3 Å². The Balaban J connectivity index is 1.80. The Bertz CT molecular complexity index is 1100. The molecule has 0 aliphatic carbocycles. The van der Waals surface area contributed by atoms with E-state index < -0.39 is 29.0 Å². The molecule has 0 saturated heterocycles. The van der Waals surface area contributed by atoms with E-state index in [1.165, 1.54) is 18.3 Å². The zero-order valence-electron chi connectivity index (χ0n) is 14.9. The number of rotatable bonds is 2. The minimum absolute atomic E-state index is 0.0466. The van der Waals surface area contributed by atoms with Gasteiger partial charge in [-0.2, -0.15) is 26.3 Å². The Morgan fingerprint density at radius 1 is 0.933 bits per heavy atom. The number of amides is 1. The Hall–Kier alpha value is -3.37. The molecule has 0 spiro atoms. The number of hydrogen-bond acceptors (Lipinski definition) is 3. The number of H-pyrrole nitrogens is 1. The van der Waals surface area contributed by atoms with Crippen LogP contribution >= 0.6 is 0 Å². The van der Waals surface area contributed by atoms with Crippen molar-refractivity contribution >= 4 is 5.91 Å². The molecule has 2 aromatic heterocycles. The molecule has 5 nitrogen and oxygen atoms in total. The van der Waals surface area contributed by atoms with Crippen molar-refractivity contribution in [1.29, 1.82) is 0 Å². The molecule has 3 aromatic rings. The first-order valence-electron chi connectivity index (χ1n) is 8.66. The van der Waals surface area contributed by atoms with Crippen LogP contribution in [0.2, 0.25) is 0 Å². The van der Waals surface area contributed by atoms with Gasteiger partial charge in [-0.3, -0.25) is 4.79 Å². The standard InChI is InChI=1S/C19H12F6N4O/c20-18(21,22)10-5-9(6-11(7-10)19(23,24)25)16-26-3-2-14(29-16)15-8-12-13(28-15)1-4-27-17(12)30/h2-3,5-8,28H,1,4H2,(H,27,30). The van der Waals surface area contributed by atoms with Gasteiger partial charge in [0, 0.05) is 30.4 Å². The number of hydrogen-bond donors (Lipinski definition) is 2. The van der Waals surface area contributed by atoms with Gasteiger partial charge in [-0.15, -0.1) is 0 Å². The van der Waals surface area contributed by atoms with Crippen LogP contribution in [0.1, 0.15) is 27.2 Å². The van der Waals surface area contributed by atoms with Gasteiger partial charge in [0.25, 0.3) is 5.91 Å². The number of aromatic amines is 1. The van der Waals surface area contributed by atoms with Crippen molar-refractivity contribution in [1.82, 2.24) is 20.3 Å². The van der Waals surface area contributed by atoms with Crippen LogP contribution in [-0.4, -0.2) is 27.4 Å². The van der Waals surface area contributed by atoms with Crippen LogP contribution in [0, 0.1) is 0 Å². The number of aromatic nitrogens is 3. The molecular weight excluding hydrogens is 414 g/mol. The summed E-state index contributed by atoms with van der Waals surface area (Å²) < 4.78 is 78.7. The summed E-state index contributed by atoms with van der Waals surface area (Å²) in [6.45, 7) is 0.450. The molecule has 0 atom stereocenters. The maximum atomic E-state index is 13.1. The molecule has 1 aliphatic rings. The molecule has 1 aliphatic heterocycles. The predicted octanol–water partition coefficient (Wildman–Crippen LogP) is 4.46. The fourth-order valence-corrected chi connectivity index (χ4v) is 3.16. The van der Waals surface area contributed by atoms with Crippen molar-refractivity contribution in [3.05, 3.63) is 58.9 Å². The van der Waals surface area contributed by atoms with Gasteiger partial charge in [-0.1, -0.05) is 0 Å². The number of alkyl halides is 6. The first kappa shape index (κ1) is 19.9. The number of fused-ring (bicyclic) bond motifs is 1. The third kappa shape index (κ3) is 3.74. The Kier molecular flexibility index (Phi) is 4.55. The third-order valence-electron chi connectivity index (χ3n) is 4.58. The van der Waals surface area contributed by atoms with Gasteiger partial charge < -0.3 is 10.3 Å². The zero-order valence-corrected chi connectivity index (χ0v) is 14.9. The molecule has 1 amide bonds. The van der Waals surface area contributed by atoms with Crippen molar-refractivity contribution in [2.45, 2.75) is 18.8 Å². The van der Waals surface area contributed by atoms with Crippen LogP contribution in [-0.2, 0) is 18.8 Å². The molecule has 0 radical (unpaired) electrons. The summed E-state index contributed by atoms with van der Waals surface area (Å²) in [6.07, 6.45) is -8.16. The Labute approximate surface area is 165 Å². The second-order valence-corrected chi connectivity index (χ2v) is 6.64. The number of benzene rings is 1. The largest absolute Gasteiger partial charge is 0.416 e. The molecule has 2 N–H and O–H groups in total. The Morgan fingerprint density at radius 2 is 1.60 bits per heavy atom. The average Bonchev–Trinajstić information content (AvgIpc) is 3.12. The molecule has 30 heavy (non-hydrogen) atoms. The highest BCUT2D eigenvalue weighted by Crippen LogP contribution is 2.38. The minimum atomic E-state index is -4.97. The van der Waals surface area contributed by atoms with E-state index in [-0.39, 0.29) is 23.5 Å². The molecule has 4 rings (SSSR count). The van der Waals surface area contributed by atoms with E-state index in [0.29, 0.717) is 42.0 Å². The lowest BCUT2D eigenvalue weighted by molar-refractivity contribution is -0.143. The summed E-state index contributed by atoms with van der Waals surface area (Å²) in [7, 11) is 0. The molecule has 1 aromatic carbocycles. The highest BCUT2D eigenvalue weighted by molar-refractivity contribution is 5.97. The van der Waals surface area contributed by atoms with Crippen molar-refractivity contribution in [2.24, 2.45) is 0 Å². The highest BCUT2D eigenvalue weighted by atomic mass is 19.4. The van der Waals surface area contributed by atoms with Gasteiger partial charge in [0.15, 0.2) is 5.82 Å². The maximum Gasteiger partial charge on any atom is 0.416 e. The molecule has 156 valence electrons. The summed E-state index contributed by atoms with van der Waals surface area (Å²) in [4.78, 5) is 22.9. The molecule has 0 bridgehead atoms. The van der Waals surface area contributed by atoms with Crippen molar-refractivity contribution < 1.29 is 31.1 Å². The van der Waals surface area contributed by atoms with Crippen molar-refractivity contribution in [2.75, 3.05) is 6.54 Å². The first-order chi connectivity index (χ1) is 14.0. The van der Waals surface area contributed by atoms with Gasteiger partial charge in [-0.25, -0.2) is 9.97 Å². The van der Waals surface area contributed by atoms with E-state index in [4.69, 9.17) is 0 Å². The third-order valence-corrected chi connectivity index (χ3v) is 4.58. The lowest BCUT2D eigenvalue weighted by Gasteiger charge is -2.14. The van der Waals surface area contributed by atoms with Gasteiger partial charge in [0.1, 0.15) is 0 Å². The van der Waals surface area contributed by atoms with E-state index >= 15 is 0 Å². The van der Waals surface area contributed by atoms with Gasteiger partial charge in [-0.05, 0) is 30.3 Å². The highest BCUT2D eigenvalue weighted by Gasteiger charge is 2.37. The summed E-state index contributed by atoms with van der Waals surface area (Å²) in [5.74, 6) is -0.582. The number of nitrogens with zero attached hydrogens (tertiary/aromatic N) is 2. The molecular formula is C19H12F6N4O. The lowest BCUT2D eigenvalue weighted by Crippen LogP contribution is -2.31. The molecule has 0 unspecified atom stereocenters. The summed E-state index contributed by atoms with van der Waals surface area (Å²) in [5.41, 5.74) is -1.60. The number of carbonyl (C=O) groups is 1. The fraction of sp³-hybridized carbons (Fsp3) is 0.211. The van der Waals surface area contributed by atoms with Crippen molar-refractivity contribution in [3.63, 3.8) is 0 Å². The maximum absolute atomic E-state index is 13.1. The van der Waals surface area contributed by atoms with E-state index in [9.17, 15) is 31.1 Å². The van der Waals surface area contributed by atoms with Crippen molar-refractivity contribution in [3.8, 4) is 22.8 Å². The van der Waals surface area contributed by atoms with Crippen LogP contribution in [0.15, 0.2) is 36.5 Å². The zero-order chi connectivity index (χ0) is 21.7. The Morgan fingerprint density at radius 3 is 2.20 bits per heavy atom. The van der Waals surface area contributed by atoms with Gasteiger partial charge in [0.05, 0.1) is 28.1 Å². The summed E-state index contributed by atoms with van der Waals surface area (Å²) in [5, 5.41) is 2.68. The van der Waals surface area contributed by atoms with Crippen LogP contribution in [0.25, 0.3) is 22.8 Å². The second kappa shape index (κ2) is 6.85. The summed E-state index contributed by atoms with van der Waals surface area (Å²) >= 11 is 0. The van der Waals surface area contributed by atoms with Gasteiger partial charge >= 0.3 is 12.4 Å². The average molecular weight is 426 g/mol. The molecule has 0 saturated carbocycles. The number of halogens is 6. The number of nitrogens with one attached hydrogen (secondary N) is 2. The quantitative estimate of drug-likeness (QED) is 0.595. The molecule has 11 heteroatoms. The second-order valence-electron chi connectivity index (χ2n) is 6.64. The monoisotopic (exact) mass is 426 g/mol. The topological polar surface area (TPSA) is 70.7 Å².